The van der Waals surface area contributed by atoms with Crippen LogP contribution in [0.3, 0.4) is 0 Å². The number of amides is 1. The van der Waals surface area contributed by atoms with E-state index in [-0.39, 0.29) is 11.0 Å². The molecule has 2 heterocycles. The maximum atomic E-state index is 10.5. The maximum absolute atomic E-state index is 10.5. The molecule has 0 unspecified atom stereocenters. The molecule has 31 heavy (non-hydrogen) atoms. The molecule has 1 saturated carbocycles. The Hall–Kier alpha value is -2.66. The van der Waals surface area contributed by atoms with Gasteiger partial charge < -0.3 is 15.6 Å². The monoisotopic (exact) mass is 420 g/mol. The third-order valence-corrected chi connectivity index (χ3v) is 6.53. The molecule has 1 aliphatic carbocycles. The fraction of sp³-hybridized carbons (Fsp3) is 0.462. The molecular weight excluding hydrogens is 384 g/mol. The van der Waals surface area contributed by atoms with E-state index in [2.05, 4.69) is 71.0 Å². The Morgan fingerprint density at radius 3 is 2.52 bits per heavy atom. The summed E-state index contributed by atoms with van der Waals surface area (Å²) < 4.78 is 0. The number of H-pyrrole nitrogens is 1. The van der Waals surface area contributed by atoms with Crippen LogP contribution in [0.15, 0.2) is 54.9 Å². The van der Waals surface area contributed by atoms with Gasteiger partial charge in [0.25, 0.3) is 0 Å². The highest BCUT2D eigenvalue weighted by atomic mass is 16.1. The lowest BCUT2D eigenvalue weighted by Crippen LogP contribution is -2.40. The predicted octanol–water partition coefficient (Wildman–Crippen LogP) is 4.74. The second-order valence-electron chi connectivity index (χ2n) is 9.22. The highest BCUT2D eigenvalue weighted by Gasteiger charge is 2.34. The summed E-state index contributed by atoms with van der Waals surface area (Å²) in [6.07, 6.45) is 11.8. The number of aromatic amines is 1. The molecule has 2 aromatic heterocycles. The van der Waals surface area contributed by atoms with Gasteiger partial charge in [-0.15, -0.1) is 0 Å². The molecule has 3 aromatic rings. The lowest BCUT2D eigenvalue weighted by molar-refractivity contribution is -0.109. The van der Waals surface area contributed by atoms with Gasteiger partial charge in [-0.25, -0.2) is 0 Å². The topological polar surface area (TPSA) is 69.8 Å². The molecule has 5 heteroatoms. The number of rotatable bonds is 7. The molecule has 0 radical (unpaired) electrons. The van der Waals surface area contributed by atoms with Crippen LogP contribution in [0.4, 0.5) is 0 Å². The van der Waals surface area contributed by atoms with Gasteiger partial charge in [-0.3, -0.25) is 9.78 Å². The number of carbonyl (C=O) groups is 1. The number of fused-ring (bicyclic) bond motifs is 1. The zero-order valence-electron chi connectivity index (χ0n) is 19.1. The van der Waals surface area contributed by atoms with E-state index in [1.54, 1.807) is 0 Å². The Morgan fingerprint density at radius 1 is 1.10 bits per heavy atom. The summed E-state index contributed by atoms with van der Waals surface area (Å²) in [5, 5.41) is 7.50. The van der Waals surface area contributed by atoms with Gasteiger partial charge in [0.2, 0.25) is 6.41 Å². The molecule has 5 nitrogen and oxygen atoms in total. The Balaban J connectivity index is 0.000000176. The fourth-order valence-corrected chi connectivity index (χ4v) is 4.51. The number of benzene rings is 1. The Morgan fingerprint density at radius 2 is 1.84 bits per heavy atom. The maximum Gasteiger partial charge on any atom is 0.207 e. The van der Waals surface area contributed by atoms with Crippen LogP contribution in [0.2, 0.25) is 0 Å². The number of aromatic nitrogens is 2. The van der Waals surface area contributed by atoms with Crippen molar-refractivity contribution >= 4 is 17.3 Å². The molecule has 1 fully saturated rings. The first kappa shape index (κ1) is 23.0. The number of nitrogens with zero attached hydrogens (tertiary/aromatic N) is 1. The number of likely N-dealkylation sites (N-methyl/N-ethyl adjacent to an activating group) is 1. The van der Waals surface area contributed by atoms with Crippen LogP contribution in [0.1, 0.15) is 57.2 Å². The zero-order valence-corrected chi connectivity index (χ0v) is 19.1. The van der Waals surface area contributed by atoms with E-state index in [4.69, 9.17) is 0 Å². The number of carbonyl (C=O) groups excluding carboxylic acids is 1. The van der Waals surface area contributed by atoms with E-state index in [1.807, 2.05) is 25.4 Å². The van der Waals surface area contributed by atoms with Crippen molar-refractivity contribution in [3.63, 3.8) is 0 Å². The van der Waals surface area contributed by atoms with E-state index in [9.17, 15) is 4.79 Å². The minimum absolute atomic E-state index is 0.0699. The highest BCUT2D eigenvalue weighted by Crippen LogP contribution is 2.37. The first-order valence-corrected chi connectivity index (χ1v) is 11.3. The minimum atomic E-state index is 0.0699. The van der Waals surface area contributed by atoms with Gasteiger partial charge in [-0.1, -0.05) is 43.5 Å². The predicted molar refractivity (Wildman–Crippen MR) is 128 cm³/mol. The van der Waals surface area contributed by atoms with Gasteiger partial charge in [0, 0.05) is 46.5 Å². The summed E-state index contributed by atoms with van der Waals surface area (Å²) in [5.74, 6) is 0. The molecule has 3 N–H and O–H groups in total. The van der Waals surface area contributed by atoms with Crippen LogP contribution in [-0.4, -0.2) is 35.5 Å². The summed E-state index contributed by atoms with van der Waals surface area (Å²) >= 11 is 0. The van der Waals surface area contributed by atoms with Gasteiger partial charge >= 0.3 is 0 Å². The quantitative estimate of drug-likeness (QED) is 0.484. The minimum Gasteiger partial charge on any atom is -0.361 e. The number of hydrogen-bond donors (Lipinski definition) is 3. The van der Waals surface area contributed by atoms with E-state index >= 15 is 0 Å². The number of pyridine rings is 1. The van der Waals surface area contributed by atoms with Gasteiger partial charge in [0.1, 0.15) is 0 Å². The van der Waals surface area contributed by atoms with Gasteiger partial charge in [0.05, 0.1) is 0 Å². The number of hydrogen-bond acceptors (Lipinski definition) is 3. The van der Waals surface area contributed by atoms with Crippen molar-refractivity contribution in [3.8, 4) is 0 Å². The van der Waals surface area contributed by atoms with Crippen LogP contribution < -0.4 is 10.6 Å². The van der Waals surface area contributed by atoms with Crippen molar-refractivity contribution < 1.29 is 4.79 Å². The molecule has 0 bridgehead atoms. The number of nitrogens with one attached hydrogen (secondary N) is 3. The van der Waals surface area contributed by atoms with Crippen molar-refractivity contribution in [2.45, 2.75) is 63.3 Å². The van der Waals surface area contributed by atoms with Crippen molar-refractivity contribution in [1.82, 2.24) is 20.6 Å². The van der Waals surface area contributed by atoms with Crippen LogP contribution in [0.25, 0.3) is 10.9 Å². The summed E-state index contributed by atoms with van der Waals surface area (Å²) in [6, 6.07) is 14.5. The second kappa shape index (κ2) is 10.6. The molecule has 166 valence electrons. The molecule has 4 rings (SSSR count). The second-order valence-corrected chi connectivity index (χ2v) is 9.22. The number of para-hydroxylation sites is 1. The normalized spacial score (nSPS) is 15.7. The van der Waals surface area contributed by atoms with E-state index in [0.29, 0.717) is 6.54 Å². The molecule has 0 saturated heterocycles. The van der Waals surface area contributed by atoms with Crippen LogP contribution in [0, 0.1) is 0 Å². The SMILES string of the molecule is CNC(C)(C)Cc1c[nH]c2ccccc12.O=CNCC1(c2ccccn2)CCCCC1. The molecule has 0 spiro atoms. The van der Waals surface area contributed by atoms with E-state index < -0.39 is 0 Å². The molecule has 1 amide bonds. The average molecular weight is 421 g/mol. The zero-order chi connectivity index (χ0) is 22.2. The fourth-order valence-electron chi connectivity index (χ4n) is 4.51. The summed E-state index contributed by atoms with van der Waals surface area (Å²) in [7, 11) is 2.01. The van der Waals surface area contributed by atoms with Gasteiger partial charge in [-0.05, 0) is 63.9 Å². The molecular formula is C26H36N4O. The third kappa shape index (κ3) is 5.95. The lowest BCUT2D eigenvalue weighted by atomic mass is 9.71. The summed E-state index contributed by atoms with van der Waals surface area (Å²) in [4.78, 5) is 18.3. The average Bonchev–Trinajstić information content (AvgIpc) is 3.21. The van der Waals surface area contributed by atoms with Crippen LogP contribution in [-0.2, 0) is 16.6 Å². The van der Waals surface area contributed by atoms with Gasteiger partial charge in [-0.2, -0.15) is 0 Å². The van der Waals surface area contributed by atoms with Crippen molar-refractivity contribution in [2.24, 2.45) is 0 Å². The summed E-state index contributed by atoms with van der Waals surface area (Å²) in [5.41, 5.74) is 3.94. The first-order chi connectivity index (χ1) is 15.0. The molecule has 1 aliphatic rings. The molecule has 0 aliphatic heterocycles. The smallest absolute Gasteiger partial charge is 0.207 e. The highest BCUT2D eigenvalue weighted by molar-refractivity contribution is 5.83. The van der Waals surface area contributed by atoms with Crippen LogP contribution in [0.5, 0.6) is 0 Å². The Labute approximate surface area is 186 Å². The first-order valence-electron chi connectivity index (χ1n) is 11.3. The summed E-state index contributed by atoms with van der Waals surface area (Å²) in [6.45, 7) is 5.15. The molecule has 1 aromatic carbocycles. The van der Waals surface area contributed by atoms with Crippen molar-refractivity contribution in [3.05, 3.63) is 66.1 Å². The largest absolute Gasteiger partial charge is 0.361 e. The standard InChI is InChI=1S/C13H18N2O.C13H18N2/c16-11-14-10-13(7-3-1-4-8-13)12-6-2-5-9-15-12;1-13(2,14-3)8-10-9-15-12-7-5-4-6-11(10)12/h2,5-6,9,11H,1,3-4,7-8,10H2,(H,14,16);4-7,9,14-15H,8H2,1-3H3. The van der Waals surface area contributed by atoms with E-state index in [0.717, 1.165) is 31.4 Å². The van der Waals surface area contributed by atoms with E-state index in [1.165, 1.54) is 35.7 Å². The van der Waals surface area contributed by atoms with Gasteiger partial charge in [0.15, 0.2) is 0 Å². The third-order valence-electron chi connectivity index (χ3n) is 6.53. The Bertz CT molecular complexity index is 942. The van der Waals surface area contributed by atoms with Crippen molar-refractivity contribution in [2.75, 3.05) is 13.6 Å². The lowest BCUT2D eigenvalue weighted by Gasteiger charge is -2.36. The van der Waals surface area contributed by atoms with Crippen LogP contribution >= 0.6 is 0 Å². The van der Waals surface area contributed by atoms with Crippen molar-refractivity contribution in [1.29, 1.82) is 0 Å². The Kier molecular flexibility index (Phi) is 7.85. The molecule has 0 atom stereocenters.